The molecule has 3 rings (SSSR count). The Morgan fingerprint density at radius 3 is 2.85 bits per heavy atom. The monoisotopic (exact) mass is 402 g/mol. The molecule has 0 atom stereocenters. The summed E-state index contributed by atoms with van der Waals surface area (Å²) in [4.78, 5) is 18.7. The van der Waals surface area contributed by atoms with Crippen LogP contribution in [-0.4, -0.2) is 22.8 Å². The molecule has 27 heavy (non-hydrogen) atoms. The minimum Gasteiger partial charge on any atom is -0.453 e. The second kappa shape index (κ2) is 8.79. The van der Waals surface area contributed by atoms with Crippen LogP contribution in [0.1, 0.15) is 10.4 Å². The van der Waals surface area contributed by atoms with Crippen molar-refractivity contribution in [2.75, 3.05) is 7.05 Å². The molecule has 2 heterocycles. The summed E-state index contributed by atoms with van der Waals surface area (Å²) in [7, 11) is 1.70. The number of carbonyl (C=O) groups excluding carboxylic acids is 1. The largest absolute Gasteiger partial charge is 0.453 e. The molecule has 4 nitrogen and oxygen atoms in total. The average Bonchev–Trinajstić information content (AvgIpc) is 3.07. The number of hydrogen-bond donors (Lipinski definition) is 0. The normalized spacial score (nSPS) is 10.9. The number of hydrogen-bond acceptors (Lipinski definition) is 4. The summed E-state index contributed by atoms with van der Waals surface area (Å²) in [5, 5.41) is 0. The molecule has 0 fully saturated rings. The van der Waals surface area contributed by atoms with Crippen molar-refractivity contribution in [2.24, 2.45) is 0 Å². The highest BCUT2D eigenvalue weighted by Gasteiger charge is 2.09. The molecule has 0 radical (unpaired) electrons. The Morgan fingerprint density at radius 2 is 2.19 bits per heavy atom. The van der Waals surface area contributed by atoms with E-state index in [0.29, 0.717) is 22.2 Å². The van der Waals surface area contributed by atoms with Crippen LogP contribution in [0.4, 0.5) is 4.39 Å². The number of benzene rings is 1. The molecule has 0 saturated heterocycles. The van der Waals surface area contributed by atoms with Crippen molar-refractivity contribution in [3.63, 3.8) is 0 Å². The molecule has 7 heteroatoms. The SMILES string of the molecule is CN(Cc1ccc(Cl)s1)C(=O)/C=C/c1ccc(Oc2cccnc2)c(F)c1. The van der Waals surface area contributed by atoms with Crippen LogP contribution in [0.2, 0.25) is 4.34 Å². The lowest BCUT2D eigenvalue weighted by Crippen LogP contribution is -2.23. The number of amides is 1. The van der Waals surface area contributed by atoms with Gasteiger partial charge in [-0.3, -0.25) is 9.78 Å². The summed E-state index contributed by atoms with van der Waals surface area (Å²) in [6.07, 6.45) is 6.09. The highest BCUT2D eigenvalue weighted by Crippen LogP contribution is 2.25. The molecule has 0 bridgehead atoms. The van der Waals surface area contributed by atoms with Gasteiger partial charge in [-0.05, 0) is 48.0 Å². The molecule has 1 amide bonds. The van der Waals surface area contributed by atoms with Gasteiger partial charge in [0.1, 0.15) is 5.75 Å². The zero-order valence-electron chi connectivity index (χ0n) is 14.4. The van der Waals surface area contributed by atoms with Gasteiger partial charge in [0, 0.05) is 24.2 Å². The van der Waals surface area contributed by atoms with E-state index in [0.717, 1.165) is 4.88 Å². The molecule has 0 aliphatic carbocycles. The lowest BCUT2D eigenvalue weighted by molar-refractivity contribution is -0.125. The van der Waals surface area contributed by atoms with E-state index in [4.69, 9.17) is 16.3 Å². The Hall–Kier alpha value is -2.70. The van der Waals surface area contributed by atoms with Gasteiger partial charge in [-0.2, -0.15) is 0 Å². The molecular formula is C20H16ClFN2O2S. The predicted octanol–water partition coefficient (Wildman–Crippen LogP) is 5.40. The van der Waals surface area contributed by atoms with Crippen molar-refractivity contribution < 1.29 is 13.9 Å². The number of nitrogens with zero attached hydrogens (tertiary/aromatic N) is 2. The first-order chi connectivity index (χ1) is 13.0. The number of rotatable bonds is 6. The Morgan fingerprint density at radius 1 is 1.33 bits per heavy atom. The topological polar surface area (TPSA) is 42.4 Å². The van der Waals surface area contributed by atoms with E-state index < -0.39 is 5.82 Å². The van der Waals surface area contributed by atoms with Crippen LogP contribution in [0.15, 0.2) is 60.9 Å². The average molecular weight is 403 g/mol. The summed E-state index contributed by atoms with van der Waals surface area (Å²) in [6.45, 7) is 0.465. The fourth-order valence-electron chi connectivity index (χ4n) is 2.28. The smallest absolute Gasteiger partial charge is 0.246 e. The molecule has 0 aliphatic rings. The van der Waals surface area contributed by atoms with Gasteiger partial charge in [-0.1, -0.05) is 17.7 Å². The van der Waals surface area contributed by atoms with Crippen LogP contribution in [0.25, 0.3) is 6.08 Å². The number of halogens is 2. The summed E-state index contributed by atoms with van der Waals surface area (Å²) in [6, 6.07) is 11.6. The molecular weight excluding hydrogens is 387 g/mol. The standard InChI is InChI=1S/C20H16ClFN2O2S/c1-24(13-16-6-8-19(21)27-16)20(25)9-5-14-4-7-18(17(22)11-14)26-15-3-2-10-23-12-15/h2-12H,13H2,1H3/b9-5+. The van der Waals surface area contributed by atoms with Gasteiger partial charge in [-0.15, -0.1) is 11.3 Å². The minimum absolute atomic E-state index is 0.0955. The summed E-state index contributed by atoms with van der Waals surface area (Å²) in [5.41, 5.74) is 0.562. The van der Waals surface area contributed by atoms with Crippen molar-refractivity contribution >= 4 is 34.9 Å². The predicted molar refractivity (Wildman–Crippen MR) is 106 cm³/mol. The van der Waals surface area contributed by atoms with Gasteiger partial charge in [-0.25, -0.2) is 4.39 Å². The van der Waals surface area contributed by atoms with Crippen molar-refractivity contribution in [1.82, 2.24) is 9.88 Å². The lowest BCUT2D eigenvalue weighted by Gasteiger charge is -2.13. The molecule has 0 spiro atoms. The summed E-state index contributed by atoms with van der Waals surface area (Å²) in [5.74, 6) is -0.158. The lowest BCUT2D eigenvalue weighted by atomic mass is 10.2. The van der Waals surface area contributed by atoms with Gasteiger partial charge in [0.05, 0.1) is 17.1 Å². The molecule has 0 unspecified atom stereocenters. The van der Waals surface area contributed by atoms with Gasteiger partial charge in [0.2, 0.25) is 5.91 Å². The van der Waals surface area contributed by atoms with E-state index in [2.05, 4.69) is 4.98 Å². The summed E-state index contributed by atoms with van der Waals surface area (Å²) < 4.78 is 20.4. The first-order valence-corrected chi connectivity index (χ1v) is 9.25. The third-order valence-electron chi connectivity index (χ3n) is 3.63. The molecule has 0 aliphatic heterocycles. The quantitative estimate of drug-likeness (QED) is 0.518. The number of pyridine rings is 1. The molecule has 1 aromatic carbocycles. The van der Waals surface area contributed by atoms with Crippen molar-refractivity contribution in [3.8, 4) is 11.5 Å². The molecule has 3 aromatic rings. The Kier molecular flexibility index (Phi) is 6.21. The Bertz CT molecular complexity index is 960. The molecule has 138 valence electrons. The maximum absolute atomic E-state index is 14.2. The van der Waals surface area contributed by atoms with Gasteiger partial charge in [0.25, 0.3) is 0 Å². The molecule has 2 aromatic heterocycles. The number of likely N-dealkylation sites (N-methyl/N-ethyl adjacent to an activating group) is 1. The summed E-state index contributed by atoms with van der Waals surface area (Å²) >= 11 is 7.33. The first kappa shape index (κ1) is 19.1. The third kappa shape index (κ3) is 5.39. The number of ether oxygens (including phenoxy) is 1. The number of carbonyl (C=O) groups is 1. The van der Waals surface area contributed by atoms with Crippen LogP contribution in [0.5, 0.6) is 11.5 Å². The fraction of sp³-hybridized carbons (Fsp3) is 0.100. The van der Waals surface area contributed by atoms with Gasteiger partial charge in [0.15, 0.2) is 11.6 Å². The highest BCUT2D eigenvalue weighted by atomic mass is 35.5. The van der Waals surface area contributed by atoms with Crippen molar-refractivity contribution in [2.45, 2.75) is 6.54 Å². The highest BCUT2D eigenvalue weighted by molar-refractivity contribution is 7.16. The van der Waals surface area contributed by atoms with Crippen LogP contribution >= 0.6 is 22.9 Å². The molecule has 0 N–H and O–H groups in total. The Labute approximate surface area is 165 Å². The minimum atomic E-state index is -0.518. The fourth-order valence-corrected chi connectivity index (χ4v) is 3.42. The van der Waals surface area contributed by atoms with E-state index in [-0.39, 0.29) is 11.7 Å². The number of thiophene rings is 1. The van der Waals surface area contributed by atoms with Crippen LogP contribution in [-0.2, 0) is 11.3 Å². The van der Waals surface area contributed by atoms with Gasteiger partial charge >= 0.3 is 0 Å². The molecule has 0 saturated carbocycles. The van der Waals surface area contributed by atoms with Crippen LogP contribution in [0, 0.1) is 5.82 Å². The first-order valence-electron chi connectivity index (χ1n) is 8.06. The van der Waals surface area contributed by atoms with Crippen molar-refractivity contribution in [1.29, 1.82) is 0 Å². The second-order valence-electron chi connectivity index (χ2n) is 5.71. The second-order valence-corrected chi connectivity index (χ2v) is 7.51. The zero-order chi connectivity index (χ0) is 19.2. The van der Waals surface area contributed by atoms with E-state index in [9.17, 15) is 9.18 Å². The zero-order valence-corrected chi connectivity index (χ0v) is 16.0. The van der Waals surface area contributed by atoms with E-state index in [1.54, 1.807) is 48.5 Å². The van der Waals surface area contributed by atoms with Crippen molar-refractivity contribution in [3.05, 3.63) is 81.5 Å². The maximum Gasteiger partial charge on any atom is 0.246 e. The van der Waals surface area contributed by atoms with Crippen LogP contribution in [0.3, 0.4) is 0 Å². The number of aromatic nitrogens is 1. The van der Waals surface area contributed by atoms with E-state index >= 15 is 0 Å². The van der Waals surface area contributed by atoms with E-state index in [1.165, 1.54) is 35.7 Å². The van der Waals surface area contributed by atoms with Crippen LogP contribution < -0.4 is 4.74 Å². The maximum atomic E-state index is 14.2. The Balaban J connectivity index is 1.62. The third-order valence-corrected chi connectivity index (χ3v) is 4.85. The van der Waals surface area contributed by atoms with E-state index in [1.807, 2.05) is 6.07 Å². The van der Waals surface area contributed by atoms with Gasteiger partial charge < -0.3 is 9.64 Å².